The van der Waals surface area contributed by atoms with Gasteiger partial charge in [0, 0.05) is 18.8 Å². The minimum absolute atomic E-state index is 0.0932. The molecule has 25 heavy (non-hydrogen) atoms. The second kappa shape index (κ2) is 10.1. The lowest BCUT2D eigenvalue weighted by Crippen LogP contribution is -2.34. The lowest BCUT2D eigenvalue weighted by atomic mass is 10.3. The summed E-state index contributed by atoms with van der Waals surface area (Å²) < 4.78 is 41.8. The molecule has 2 amide bonds. The van der Waals surface area contributed by atoms with E-state index in [1.807, 2.05) is 13.8 Å². The van der Waals surface area contributed by atoms with E-state index in [1.54, 1.807) is 0 Å². The molecule has 2 N–H and O–H groups in total. The number of anilines is 1. The van der Waals surface area contributed by atoms with E-state index >= 15 is 0 Å². The first-order chi connectivity index (χ1) is 11.7. The monoisotopic (exact) mass is 374 g/mol. The second-order valence-corrected chi connectivity index (χ2v) is 7.77. The van der Waals surface area contributed by atoms with Crippen molar-refractivity contribution in [2.24, 2.45) is 0 Å². The fraction of sp³-hybridized carbons (Fsp3) is 0.500. The van der Waals surface area contributed by atoms with Crippen molar-refractivity contribution in [1.29, 1.82) is 0 Å². The molecule has 0 radical (unpaired) electrons. The number of benzene rings is 1. The highest BCUT2D eigenvalue weighted by Gasteiger charge is 2.20. The standard InChI is InChI=1S/C16H23FN2O5S/c1-12(2)24-9-3-8-18-15(20)10-25(22,23)11-16(21)19-14-6-4-13(17)5-7-14/h4-7,12H,3,8-11H2,1-2H3,(H,18,20)(H,19,21). The molecule has 0 saturated carbocycles. The van der Waals surface area contributed by atoms with Crippen LogP contribution >= 0.6 is 0 Å². The maximum atomic E-state index is 12.8. The summed E-state index contributed by atoms with van der Waals surface area (Å²) in [6.07, 6.45) is 0.658. The van der Waals surface area contributed by atoms with Gasteiger partial charge in [0.15, 0.2) is 9.84 Å². The average Bonchev–Trinajstić information content (AvgIpc) is 2.47. The van der Waals surface area contributed by atoms with E-state index in [4.69, 9.17) is 4.74 Å². The molecular weight excluding hydrogens is 351 g/mol. The molecule has 9 heteroatoms. The van der Waals surface area contributed by atoms with Crippen LogP contribution in [-0.4, -0.2) is 51.0 Å². The first kappa shape index (κ1) is 21.0. The summed E-state index contributed by atoms with van der Waals surface area (Å²) in [5, 5.41) is 4.81. The summed E-state index contributed by atoms with van der Waals surface area (Å²) in [7, 11) is -3.89. The van der Waals surface area contributed by atoms with Crippen molar-refractivity contribution in [3.8, 4) is 0 Å². The third kappa shape index (κ3) is 9.78. The lowest BCUT2D eigenvalue weighted by Gasteiger charge is -2.09. The van der Waals surface area contributed by atoms with Crippen molar-refractivity contribution in [2.45, 2.75) is 26.4 Å². The van der Waals surface area contributed by atoms with Crippen LogP contribution in [-0.2, 0) is 24.2 Å². The smallest absolute Gasteiger partial charge is 0.239 e. The molecule has 0 atom stereocenters. The quantitative estimate of drug-likeness (QED) is 0.598. The normalized spacial score (nSPS) is 11.4. The number of amides is 2. The summed E-state index contributed by atoms with van der Waals surface area (Å²) in [6.45, 7) is 4.54. The minimum Gasteiger partial charge on any atom is -0.379 e. The van der Waals surface area contributed by atoms with E-state index in [2.05, 4.69) is 10.6 Å². The molecule has 0 aromatic heterocycles. The van der Waals surface area contributed by atoms with Crippen molar-refractivity contribution in [1.82, 2.24) is 5.32 Å². The van der Waals surface area contributed by atoms with Gasteiger partial charge in [-0.15, -0.1) is 0 Å². The average molecular weight is 374 g/mol. The van der Waals surface area contributed by atoms with Crippen LogP contribution in [0, 0.1) is 5.82 Å². The summed E-state index contributed by atoms with van der Waals surface area (Å²) >= 11 is 0. The van der Waals surface area contributed by atoms with Crippen LogP contribution in [0.4, 0.5) is 10.1 Å². The Morgan fingerprint density at radius 2 is 1.72 bits per heavy atom. The first-order valence-electron chi connectivity index (χ1n) is 7.82. The topological polar surface area (TPSA) is 102 Å². The molecule has 140 valence electrons. The van der Waals surface area contributed by atoms with Crippen molar-refractivity contribution >= 4 is 27.3 Å². The van der Waals surface area contributed by atoms with E-state index in [9.17, 15) is 22.4 Å². The number of sulfone groups is 1. The SMILES string of the molecule is CC(C)OCCCNC(=O)CS(=O)(=O)CC(=O)Nc1ccc(F)cc1. The molecule has 0 saturated heterocycles. The number of hydrogen-bond donors (Lipinski definition) is 2. The van der Waals surface area contributed by atoms with Crippen LogP contribution in [0.15, 0.2) is 24.3 Å². The zero-order chi connectivity index (χ0) is 18.9. The lowest BCUT2D eigenvalue weighted by molar-refractivity contribution is -0.118. The van der Waals surface area contributed by atoms with Crippen molar-refractivity contribution in [2.75, 3.05) is 30.0 Å². The number of nitrogens with one attached hydrogen (secondary N) is 2. The first-order valence-corrected chi connectivity index (χ1v) is 9.64. The van der Waals surface area contributed by atoms with Crippen LogP contribution in [0.25, 0.3) is 0 Å². The van der Waals surface area contributed by atoms with Gasteiger partial charge in [-0.25, -0.2) is 12.8 Å². The predicted molar refractivity (Wildman–Crippen MR) is 92.4 cm³/mol. The number of rotatable bonds is 10. The van der Waals surface area contributed by atoms with Gasteiger partial charge in [0.1, 0.15) is 17.3 Å². The Morgan fingerprint density at radius 1 is 1.12 bits per heavy atom. The van der Waals surface area contributed by atoms with E-state index in [-0.39, 0.29) is 11.8 Å². The Kier molecular flexibility index (Phi) is 8.50. The molecule has 0 fully saturated rings. The van der Waals surface area contributed by atoms with E-state index in [1.165, 1.54) is 12.1 Å². The second-order valence-electron chi connectivity index (χ2n) is 5.71. The Labute approximate surface area is 146 Å². The molecule has 0 aliphatic carbocycles. The Bertz CT molecular complexity index is 674. The highest BCUT2D eigenvalue weighted by atomic mass is 32.2. The largest absolute Gasteiger partial charge is 0.379 e. The van der Waals surface area contributed by atoms with Crippen molar-refractivity contribution in [3.63, 3.8) is 0 Å². The van der Waals surface area contributed by atoms with Crippen LogP contribution in [0.3, 0.4) is 0 Å². The van der Waals surface area contributed by atoms with Gasteiger partial charge in [-0.3, -0.25) is 9.59 Å². The number of hydrogen-bond acceptors (Lipinski definition) is 5. The fourth-order valence-electron chi connectivity index (χ4n) is 1.85. The van der Waals surface area contributed by atoms with Crippen LogP contribution in [0.5, 0.6) is 0 Å². The molecule has 1 aromatic rings. The fourth-order valence-corrected chi connectivity index (χ4v) is 2.93. The molecule has 7 nitrogen and oxygen atoms in total. The third-order valence-electron chi connectivity index (χ3n) is 2.92. The molecule has 1 aromatic carbocycles. The zero-order valence-electron chi connectivity index (χ0n) is 14.2. The Morgan fingerprint density at radius 3 is 2.32 bits per heavy atom. The van der Waals surface area contributed by atoms with Crippen LogP contribution < -0.4 is 10.6 Å². The molecule has 1 rings (SSSR count). The van der Waals surface area contributed by atoms with E-state index < -0.39 is 39.0 Å². The van der Waals surface area contributed by atoms with Gasteiger partial charge in [-0.2, -0.15) is 0 Å². The Balaban J connectivity index is 2.35. The summed E-state index contributed by atoms with van der Waals surface area (Å²) in [5.41, 5.74) is 0.274. The minimum atomic E-state index is -3.89. The summed E-state index contributed by atoms with van der Waals surface area (Å²) in [6, 6.07) is 4.90. The number of carbonyl (C=O) groups excluding carboxylic acids is 2. The zero-order valence-corrected chi connectivity index (χ0v) is 15.1. The summed E-state index contributed by atoms with van der Waals surface area (Å²) in [4.78, 5) is 23.4. The van der Waals surface area contributed by atoms with Crippen molar-refractivity contribution in [3.05, 3.63) is 30.1 Å². The number of carbonyl (C=O) groups is 2. The summed E-state index contributed by atoms with van der Waals surface area (Å²) in [5.74, 6) is -3.52. The van der Waals surface area contributed by atoms with Gasteiger partial charge >= 0.3 is 0 Å². The van der Waals surface area contributed by atoms with Gasteiger partial charge < -0.3 is 15.4 Å². The van der Waals surface area contributed by atoms with Gasteiger partial charge in [0.25, 0.3) is 0 Å². The third-order valence-corrected chi connectivity index (χ3v) is 4.33. The molecule has 0 aliphatic heterocycles. The highest BCUT2D eigenvalue weighted by molar-refractivity contribution is 7.92. The maximum Gasteiger partial charge on any atom is 0.239 e. The van der Waals surface area contributed by atoms with E-state index in [0.717, 1.165) is 12.1 Å². The van der Waals surface area contributed by atoms with Gasteiger partial charge in [0.2, 0.25) is 11.8 Å². The van der Waals surface area contributed by atoms with Gasteiger partial charge in [-0.1, -0.05) is 0 Å². The highest BCUT2D eigenvalue weighted by Crippen LogP contribution is 2.08. The molecule has 0 spiro atoms. The maximum absolute atomic E-state index is 12.8. The molecular formula is C16H23FN2O5S. The number of halogens is 1. The number of ether oxygens (including phenoxy) is 1. The molecule has 0 unspecified atom stereocenters. The van der Waals surface area contributed by atoms with Gasteiger partial charge in [0.05, 0.1) is 6.10 Å². The predicted octanol–water partition coefficient (Wildman–Crippen LogP) is 1.11. The van der Waals surface area contributed by atoms with Crippen LogP contribution in [0.1, 0.15) is 20.3 Å². The molecule has 0 aliphatic rings. The van der Waals surface area contributed by atoms with Crippen molar-refractivity contribution < 1.29 is 27.1 Å². The van der Waals surface area contributed by atoms with E-state index in [0.29, 0.717) is 19.6 Å². The molecule has 0 heterocycles. The van der Waals surface area contributed by atoms with Gasteiger partial charge in [-0.05, 0) is 44.5 Å². The van der Waals surface area contributed by atoms with Crippen LogP contribution in [0.2, 0.25) is 0 Å². The molecule has 0 bridgehead atoms. The Hall–Kier alpha value is -2.00.